The lowest BCUT2D eigenvalue weighted by molar-refractivity contribution is -0.324. The molecule has 0 aromatic heterocycles. The Morgan fingerprint density at radius 3 is 1.22 bits per heavy atom. The van der Waals surface area contributed by atoms with Gasteiger partial charge in [0.1, 0.15) is 24.4 Å². The zero-order chi connectivity index (χ0) is 24.6. The molecule has 0 aliphatic carbocycles. The Hall–Kier alpha value is -1.71. The van der Waals surface area contributed by atoms with E-state index in [1.807, 2.05) is 60.7 Å². The third-order valence-electron chi connectivity index (χ3n) is 6.47. The van der Waals surface area contributed by atoms with Gasteiger partial charge in [-0.15, -0.1) is 0 Å². The number of ether oxygens (including phenoxy) is 6. The Kier molecular flexibility index (Phi) is 7.23. The summed E-state index contributed by atoms with van der Waals surface area (Å²) in [5, 5.41) is 1.92. The van der Waals surface area contributed by atoms with Crippen LogP contribution in [0.1, 0.15) is 35.6 Å². The molecule has 3 saturated heterocycles. The molecule has 3 aromatic carbocycles. The molecule has 0 bridgehead atoms. The van der Waals surface area contributed by atoms with Crippen molar-refractivity contribution >= 4 is 34.8 Å². The van der Waals surface area contributed by atoms with Gasteiger partial charge in [-0.1, -0.05) is 71.2 Å². The first kappa shape index (κ1) is 24.6. The zero-order valence-corrected chi connectivity index (χ0v) is 21.2. The van der Waals surface area contributed by atoms with Gasteiger partial charge in [0.15, 0.2) is 18.9 Å². The molecular weight excluding hydrogens is 527 g/mol. The Bertz CT molecular complexity index is 1130. The quantitative estimate of drug-likeness (QED) is 0.364. The summed E-state index contributed by atoms with van der Waals surface area (Å²) >= 11 is 18.2. The predicted octanol–water partition coefficient (Wildman–Crippen LogP) is 6.66. The minimum atomic E-state index is -0.645. The molecule has 6 nitrogen and oxygen atoms in total. The molecule has 3 aliphatic heterocycles. The summed E-state index contributed by atoms with van der Waals surface area (Å²) in [7, 11) is 0. The van der Waals surface area contributed by atoms with Gasteiger partial charge >= 0.3 is 0 Å². The SMILES string of the molecule is Clc1ccc(C2OC[C@@H]3OC(c4ccc(Cl)cc4)OC[C@H]4OC(c5ccc(Cl)cc5)O[C@@H]4[C@H]3O2)cc1. The van der Waals surface area contributed by atoms with E-state index < -0.39 is 37.2 Å². The van der Waals surface area contributed by atoms with Gasteiger partial charge < -0.3 is 28.4 Å². The number of fused-ring (bicyclic) bond motifs is 3. The third-order valence-corrected chi connectivity index (χ3v) is 7.22. The highest BCUT2D eigenvalue weighted by molar-refractivity contribution is 6.31. The van der Waals surface area contributed by atoms with E-state index in [9.17, 15) is 0 Å². The lowest BCUT2D eigenvalue weighted by atomic mass is 10.0. The highest BCUT2D eigenvalue weighted by Gasteiger charge is 2.50. The maximum absolute atomic E-state index is 6.48. The van der Waals surface area contributed by atoms with Crippen LogP contribution >= 0.6 is 34.8 Å². The molecule has 188 valence electrons. The van der Waals surface area contributed by atoms with Crippen LogP contribution in [-0.4, -0.2) is 37.6 Å². The molecular formula is C27H23Cl3O6. The number of benzene rings is 3. The summed E-state index contributed by atoms with van der Waals surface area (Å²) < 4.78 is 37.9. The molecule has 6 rings (SSSR count). The van der Waals surface area contributed by atoms with Gasteiger partial charge in [0.2, 0.25) is 0 Å². The van der Waals surface area contributed by atoms with Crippen LogP contribution in [0.15, 0.2) is 72.8 Å². The molecule has 3 aromatic rings. The lowest BCUT2D eigenvalue weighted by Crippen LogP contribution is -2.54. The van der Waals surface area contributed by atoms with E-state index >= 15 is 0 Å². The summed E-state index contributed by atoms with van der Waals surface area (Å²) in [4.78, 5) is 0. The first-order chi connectivity index (χ1) is 17.5. The highest BCUT2D eigenvalue weighted by atomic mass is 35.5. The monoisotopic (exact) mass is 548 g/mol. The van der Waals surface area contributed by atoms with Gasteiger partial charge in [-0.25, -0.2) is 0 Å². The number of halogens is 3. The average Bonchev–Trinajstić information content (AvgIpc) is 3.30. The van der Waals surface area contributed by atoms with Gasteiger partial charge in [0, 0.05) is 31.8 Å². The van der Waals surface area contributed by atoms with E-state index in [-0.39, 0.29) is 19.3 Å². The summed E-state index contributed by atoms with van der Waals surface area (Å²) in [5.74, 6) is 0. The minimum Gasteiger partial charge on any atom is -0.346 e. The van der Waals surface area contributed by atoms with Gasteiger partial charge in [-0.05, 0) is 36.4 Å². The molecule has 9 heteroatoms. The highest BCUT2D eigenvalue weighted by Crippen LogP contribution is 2.42. The third kappa shape index (κ3) is 5.16. The van der Waals surface area contributed by atoms with Crippen molar-refractivity contribution in [2.75, 3.05) is 13.2 Å². The van der Waals surface area contributed by atoms with Gasteiger partial charge in [0.05, 0.1) is 13.2 Å². The predicted molar refractivity (Wildman–Crippen MR) is 134 cm³/mol. The fourth-order valence-corrected chi connectivity index (χ4v) is 5.00. The second-order valence-corrected chi connectivity index (χ2v) is 10.2. The second kappa shape index (κ2) is 10.6. The topological polar surface area (TPSA) is 55.4 Å². The maximum Gasteiger partial charge on any atom is 0.184 e. The van der Waals surface area contributed by atoms with Crippen molar-refractivity contribution in [3.63, 3.8) is 0 Å². The van der Waals surface area contributed by atoms with Crippen molar-refractivity contribution in [3.8, 4) is 0 Å². The molecule has 0 N–H and O–H groups in total. The normalized spacial score (nSPS) is 32.2. The lowest BCUT2D eigenvalue weighted by Gasteiger charge is -2.42. The van der Waals surface area contributed by atoms with Crippen LogP contribution in [0.2, 0.25) is 15.1 Å². The van der Waals surface area contributed by atoms with Crippen LogP contribution in [0.3, 0.4) is 0 Å². The van der Waals surface area contributed by atoms with Crippen LogP contribution in [0, 0.1) is 0 Å². The molecule has 3 unspecified atom stereocenters. The van der Waals surface area contributed by atoms with Gasteiger partial charge in [0.25, 0.3) is 0 Å². The van der Waals surface area contributed by atoms with Crippen LogP contribution in [0.4, 0.5) is 0 Å². The van der Waals surface area contributed by atoms with Crippen molar-refractivity contribution in [1.29, 1.82) is 0 Å². The van der Waals surface area contributed by atoms with Gasteiger partial charge in [-0.2, -0.15) is 0 Å². The molecule has 0 saturated carbocycles. The van der Waals surface area contributed by atoms with Crippen molar-refractivity contribution in [2.24, 2.45) is 0 Å². The largest absolute Gasteiger partial charge is 0.346 e. The van der Waals surface area contributed by atoms with Gasteiger partial charge in [-0.3, -0.25) is 0 Å². The van der Waals surface area contributed by atoms with E-state index in [1.54, 1.807) is 12.1 Å². The average molecular weight is 550 g/mol. The van der Waals surface area contributed by atoms with Crippen LogP contribution < -0.4 is 0 Å². The number of hydrogen-bond acceptors (Lipinski definition) is 6. The molecule has 0 radical (unpaired) electrons. The first-order valence-electron chi connectivity index (χ1n) is 11.6. The van der Waals surface area contributed by atoms with E-state index in [0.717, 1.165) is 16.7 Å². The molecule has 7 atom stereocenters. The fraction of sp³-hybridized carbons (Fsp3) is 0.333. The van der Waals surface area contributed by atoms with Crippen molar-refractivity contribution in [1.82, 2.24) is 0 Å². The minimum absolute atomic E-state index is 0.251. The summed E-state index contributed by atoms with van der Waals surface area (Å²) in [5.41, 5.74) is 2.55. The van der Waals surface area contributed by atoms with E-state index in [0.29, 0.717) is 15.1 Å². The summed E-state index contributed by atoms with van der Waals surface area (Å²) in [6.07, 6.45) is -3.60. The zero-order valence-electron chi connectivity index (χ0n) is 19.0. The first-order valence-corrected chi connectivity index (χ1v) is 12.8. The molecule has 3 fully saturated rings. The standard InChI is InChI=1S/C27H23Cl3O6/c28-18-7-1-15(2-8-18)25-31-14-22-24(36-27(34-22)17-5-11-20(30)12-6-17)23-21(33-25)13-32-26(35-23)16-3-9-19(29)10-4-16/h1-12,21-27H,13-14H2/t21-,22+,23-,24-,25?,26?,27?/m0/s1. The summed E-state index contributed by atoms with van der Waals surface area (Å²) in [6, 6.07) is 22.2. The molecule has 0 spiro atoms. The Labute approximate surface area is 223 Å². The van der Waals surface area contributed by atoms with E-state index in [2.05, 4.69) is 0 Å². The number of hydrogen-bond donors (Lipinski definition) is 0. The van der Waals surface area contributed by atoms with Crippen LogP contribution in [0.5, 0.6) is 0 Å². The van der Waals surface area contributed by atoms with Crippen molar-refractivity contribution < 1.29 is 28.4 Å². The van der Waals surface area contributed by atoms with Crippen LogP contribution in [-0.2, 0) is 28.4 Å². The Morgan fingerprint density at radius 1 is 0.444 bits per heavy atom. The molecule has 3 heterocycles. The fourth-order valence-electron chi connectivity index (χ4n) is 4.62. The summed E-state index contributed by atoms with van der Waals surface area (Å²) in [6.45, 7) is 0.532. The second-order valence-electron chi connectivity index (χ2n) is 8.87. The van der Waals surface area contributed by atoms with Crippen molar-refractivity contribution in [2.45, 2.75) is 43.3 Å². The maximum atomic E-state index is 6.48. The van der Waals surface area contributed by atoms with E-state index in [1.165, 1.54) is 0 Å². The smallest absolute Gasteiger partial charge is 0.184 e. The molecule has 0 amide bonds. The molecule has 36 heavy (non-hydrogen) atoms. The Morgan fingerprint density at radius 2 is 0.778 bits per heavy atom. The number of rotatable bonds is 3. The van der Waals surface area contributed by atoms with E-state index in [4.69, 9.17) is 63.2 Å². The molecule has 3 aliphatic rings. The van der Waals surface area contributed by atoms with Crippen LogP contribution in [0.25, 0.3) is 0 Å². The van der Waals surface area contributed by atoms with Crippen molar-refractivity contribution in [3.05, 3.63) is 105 Å². The Balaban J connectivity index is 1.29.